The predicted molar refractivity (Wildman–Crippen MR) is 85.0 cm³/mol. The Morgan fingerprint density at radius 1 is 1.09 bits per heavy atom. The number of aryl methyl sites for hydroxylation is 2. The van der Waals surface area contributed by atoms with Crippen molar-refractivity contribution in [3.63, 3.8) is 0 Å². The molecule has 0 radical (unpaired) electrons. The molecule has 2 rings (SSSR count). The maximum absolute atomic E-state index is 12.7. The first-order valence-corrected chi connectivity index (χ1v) is 7.00. The van der Waals surface area contributed by atoms with E-state index >= 15 is 0 Å². The molecule has 0 saturated heterocycles. The summed E-state index contributed by atoms with van der Waals surface area (Å²) in [5.74, 6) is -0.650. The van der Waals surface area contributed by atoms with Crippen LogP contribution in [0.5, 0.6) is 5.75 Å². The van der Waals surface area contributed by atoms with Gasteiger partial charge in [-0.1, -0.05) is 17.7 Å². The number of anilines is 1. The molecule has 0 aromatic heterocycles. The van der Waals surface area contributed by atoms with Gasteiger partial charge in [-0.15, -0.1) is 0 Å². The highest BCUT2D eigenvalue weighted by molar-refractivity contribution is 6.01. The van der Waals surface area contributed by atoms with E-state index in [2.05, 4.69) is 10.6 Å². The molecule has 0 saturated carbocycles. The standard InChI is InChI=1S/C17H17FN2O3/c1-11-3-8-15(12(2)9-11)19-17(22)20-16(21)10-23-14-6-4-13(18)5-7-14/h3-9H,10H2,1-2H3,(H2,19,20,21,22). The van der Waals surface area contributed by atoms with Crippen LogP contribution in [-0.2, 0) is 4.79 Å². The second-order valence-corrected chi connectivity index (χ2v) is 5.06. The van der Waals surface area contributed by atoms with Gasteiger partial charge in [0.15, 0.2) is 6.61 Å². The molecule has 0 atom stereocenters. The number of rotatable bonds is 4. The molecule has 0 unspecified atom stereocenters. The number of nitrogens with one attached hydrogen (secondary N) is 2. The van der Waals surface area contributed by atoms with Gasteiger partial charge in [-0.25, -0.2) is 9.18 Å². The Morgan fingerprint density at radius 3 is 2.43 bits per heavy atom. The first kappa shape index (κ1) is 16.5. The number of imide groups is 1. The van der Waals surface area contributed by atoms with Crippen molar-refractivity contribution >= 4 is 17.6 Å². The average Bonchev–Trinajstić information content (AvgIpc) is 2.49. The fourth-order valence-electron chi connectivity index (χ4n) is 1.95. The van der Waals surface area contributed by atoms with Crippen LogP contribution < -0.4 is 15.4 Å². The molecule has 120 valence electrons. The lowest BCUT2D eigenvalue weighted by molar-refractivity contribution is -0.121. The minimum absolute atomic E-state index is 0.341. The summed E-state index contributed by atoms with van der Waals surface area (Å²) in [6.45, 7) is 3.47. The zero-order valence-electron chi connectivity index (χ0n) is 12.9. The maximum atomic E-state index is 12.7. The van der Waals surface area contributed by atoms with E-state index in [1.54, 1.807) is 6.07 Å². The van der Waals surface area contributed by atoms with Crippen LogP contribution in [0, 0.1) is 19.7 Å². The molecule has 3 amide bonds. The summed E-state index contributed by atoms with van der Waals surface area (Å²) in [5, 5.41) is 4.76. The molecule has 0 heterocycles. The van der Waals surface area contributed by atoms with E-state index in [9.17, 15) is 14.0 Å². The lowest BCUT2D eigenvalue weighted by atomic mass is 10.1. The molecule has 23 heavy (non-hydrogen) atoms. The Balaban J connectivity index is 1.82. The predicted octanol–water partition coefficient (Wildman–Crippen LogP) is 3.17. The molecule has 6 heteroatoms. The van der Waals surface area contributed by atoms with Gasteiger partial charge in [0.25, 0.3) is 5.91 Å². The fraction of sp³-hybridized carbons (Fsp3) is 0.176. The number of carbonyl (C=O) groups is 2. The highest BCUT2D eigenvalue weighted by Crippen LogP contribution is 2.15. The summed E-state index contributed by atoms with van der Waals surface area (Å²) < 4.78 is 17.9. The lowest BCUT2D eigenvalue weighted by Gasteiger charge is -2.10. The van der Waals surface area contributed by atoms with Crippen molar-refractivity contribution in [1.29, 1.82) is 0 Å². The van der Waals surface area contributed by atoms with Crippen molar-refractivity contribution < 1.29 is 18.7 Å². The SMILES string of the molecule is Cc1ccc(NC(=O)NC(=O)COc2ccc(F)cc2)c(C)c1. The van der Waals surface area contributed by atoms with Gasteiger partial charge in [-0.3, -0.25) is 10.1 Å². The number of hydrogen-bond acceptors (Lipinski definition) is 3. The molecule has 0 aliphatic heterocycles. The maximum Gasteiger partial charge on any atom is 0.325 e. The first-order valence-electron chi connectivity index (χ1n) is 7.00. The molecule has 0 spiro atoms. The normalized spacial score (nSPS) is 10.0. The van der Waals surface area contributed by atoms with E-state index in [-0.39, 0.29) is 6.61 Å². The third kappa shape index (κ3) is 5.10. The highest BCUT2D eigenvalue weighted by atomic mass is 19.1. The molecule has 2 N–H and O–H groups in total. The minimum atomic E-state index is -0.635. The molecule has 0 aliphatic carbocycles. The van der Waals surface area contributed by atoms with E-state index in [1.165, 1.54) is 24.3 Å². The fourth-order valence-corrected chi connectivity index (χ4v) is 1.95. The van der Waals surface area contributed by atoms with Crippen molar-refractivity contribution in [2.24, 2.45) is 0 Å². The van der Waals surface area contributed by atoms with Crippen LogP contribution in [0.4, 0.5) is 14.9 Å². The van der Waals surface area contributed by atoms with Gasteiger partial charge in [0.1, 0.15) is 11.6 Å². The monoisotopic (exact) mass is 316 g/mol. The van der Waals surface area contributed by atoms with Gasteiger partial charge in [0.05, 0.1) is 0 Å². The molecule has 0 fully saturated rings. The number of benzene rings is 2. The number of ether oxygens (including phenoxy) is 1. The number of carbonyl (C=O) groups excluding carboxylic acids is 2. The van der Waals surface area contributed by atoms with Gasteiger partial charge in [0.2, 0.25) is 0 Å². The zero-order valence-corrected chi connectivity index (χ0v) is 12.9. The van der Waals surface area contributed by atoms with E-state index in [4.69, 9.17) is 4.74 Å². The summed E-state index contributed by atoms with van der Waals surface area (Å²) in [6, 6.07) is 10.2. The third-order valence-corrected chi connectivity index (χ3v) is 3.07. The smallest absolute Gasteiger partial charge is 0.325 e. The molecular formula is C17H17FN2O3. The molecule has 0 bridgehead atoms. The van der Waals surface area contributed by atoms with Crippen molar-refractivity contribution in [2.45, 2.75) is 13.8 Å². The Labute approximate surface area is 133 Å². The van der Waals surface area contributed by atoms with Crippen LogP contribution in [0.3, 0.4) is 0 Å². The van der Waals surface area contributed by atoms with E-state index in [0.29, 0.717) is 11.4 Å². The Bertz CT molecular complexity index is 714. The van der Waals surface area contributed by atoms with Gasteiger partial charge >= 0.3 is 6.03 Å². The number of hydrogen-bond donors (Lipinski definition) is 2. The van der Waals surface area contributed by atoms with E-state index in [1.807, 2.05) is 26.0 Å². The topological polar surface area (TPSA) is 67.4 Å². The van der Waals surface area contributed by atoms with Crippen LogP contribution in [0.2, 0.25) is 0 Å². The first-order chi connectivity index (χ1) is 10.9. The van der Waals surface area contributed by atoms with Gasteiger partial charge in [-0.05, 0) is 49.7 Å². The van der Waals surface area contributed by atoms with Crippen LogP contribution >= 0.6 is 0 Å². The Morgan fingerprint density at radius 2 is 1.78 bits per heavy atom. The van der Waals surface area contributed by atoms with Crippen LogP contribution in [0.1, 0.15) is 11.1 Å². The van der Waals surface area contributed by atoms with Crippen molar-refractivity contribution in [1.82, 2.24) is 5.32 Å². The molecule has 5 nitrogen and oxygen atoms in total. The Kier molecular flexibility index (Phi) is 5.30. The molecular weight excluding hydrogens is 299 g/mol. The van der Waals surface area contributed by atoms with Gasteiger partial charge < -0.3 is 10.1 Å². The summed E-state index contributed by atoms with van der Waals surface area (Å²) in [6.07, 6.45) is 0. The average molecular weight is 316 g/mol. The number of urea groups is 1. The number of amides is 3. The van der Waals surface area contributed by atoms with Crippen LogP contribution in [0.15, 0.2) is 42.5 Å². The van der Waals surface area contributed by atoms with E-state index < -0.39 is 17.8 Å². The summed E-state index contributed by atoms with van der Waals surface area (Å²) >= 11 is 0. The van der Waals surface area contributed by atoms with Gasteiger partial charge in [-0.2, -0.15) is 0 Å². The summed E-state index contributed by atoms with van der Waals surface area (Å²) in [4.78, 5) is 23.4. The molecule has 2 aromatic rings. The van der Waals surface area contributed by atoms with Crippen molar-refractivity contribution in [2.75, 3.05) is 11.9 Å². The quantitative estimate of drug-likeness (QED) is 0.910. The van der Waals surface area contributed by atoms with Crippen LogP contribution in [-0.4, -0.2) is 18.5 Å². The molecule has 2 aromatic carbocycles. The Hall–Kier alpha value is -2.89. The summed E-state index contributed by atoms with van der Waals surface area (Å²) in [7, 11) is 0. The van der Waals surface area contributed by atoms with E-state index in [0.717, 1.165) is 11.1 Å². The second kappa shape index (κ2) is 7.40. The second-order valence-electron chi connectivity index (χ2n) is 5.06. The van der Waals surface area contributed by atoms with Crippen molar-refractivity contribution in [3.05, 3.63) is 59.4 Å². The third-order valence-electron chi connectivity index (χ3n) is 3.07. The van der Waals surface area contributed by atoms with Gasteiger partial charge in [0, 0.05) is 5.69 Å². The number of halogens is 1. The zero-order chi connectivity index (χ0) is 16.8. The largest absolute Gasteiger partial charge is 0.484 e. The highest BCUT2D eigenvalue weighted by Gasteiger charge is 2.10. The lowest BCUT2D eigenvalue weighted by Crippen LogP contribution is -2.37. The van der Waals surface area contributed by atoms with Crippen LogP contribution in [0.25, 0.3) is 0 Å². The minimum Gasteiger partial charge on any atom is -0.484 e. The summed E-state index contributed by atoms with van der Waals surface area (Å²) in [5.41, 5.74) is 2.60. The van der Waals surface area contributed by atoms with Crippen molar-refractivity contribution in [3.8, 4) is 5.75 Å². The molecule has 0 aliphatic rings.